The van der Waals surface area contributed by atoms with Gasteiger partial charge in [-0.1, -0.05) is 18.2 Å². The summed E-state index contributed by atoms with van der Waals surface area (Å²) >= 11 is 0. The van der Waals surface area contributed by atoms with Crippen LogP contribution in [0.2, 0.25) is 0 Å². The van der Waals surface area contributed by atoms with E-state index in [1.54, 1.807) is 12.1 Å². The van der Waals surface area contributed by atoms with E-state index in [1.807, 2.05) is 42.5 Å². The number of benzene rings is 2. The van der Waals surface area contributed by atoms with Crippen molar-refractivity contribution < 1.29 is 8.42 Å². The number of hydrogen-bond acceptors (Lipinski definition) is 3. The lowest BCUT2D eigenvalue weighted by Crippen LogP contribution is -2.28. The average Bonchev–Trinajstić information content (AvgIpc) is 2.42. The predicted molar refractivity (Wildman–Crippen MR) is 82.4 cm³/mol. The molecule has 0 radical (unpaired) electrons. The van der Waals surface area contributed by atoms with Gasteiger partial charge in [0.1, 0.15) is 0 Å². The maximum atomic E-state index is 11.7. The molecule has 0 atom stereocenters. The lowest BCUT2D eigenvalue weighted by molar-refractivity contribution is 0.527. The van der Waals surface area contributed by atoms with E-state index in [1.165, 1.54) is 14.1 Å². The van der Waals surface area contributed by atoms with Crippen LogP contribution in [-0.2, 0) is 10.2 Å². The molecule has 0 fully saturated rings. The molecule has 0 aliphatic rings. The van der Waals surface area contributed by atoms with Crippen molar-refractivity contribution in [3.8, 4) is 0 Å². The van der Waals surface area contributed by atoms with Crippen molar-refractivity contribution in [2.45, 2.75) is 0 Å². The van der Waals surface area contributed by atoms with Crippen molar-refractivity contribution in [1.29, 1.82) is 0 Å². The van der Waals surface area contributed by atoms with E-state index >= 15 is 0 Å². The quantitative estimate of drug-likeness (QED) is 0.890. The zero-order valence-corrected chi connectivity index (χ0v) is 12.2. The minimum absolute atomic E-state index is 0.525. The number of hydrogen-bond donors (Lipinski definition) is 2. The molecule has 0 spiro atoms. The first kappa shape index (κ1) is 14.4. The maximum absolute atomic E-state index is 11.7. The van der Waals surface area contributed by atoms with Crippen LogP contribution >= 0.6 is 0 Å². The van der Waals surface area contributed by atoms with Gasteiger partial charge >= 0.3 is 10.2 Å². The minimum Gasteiger partial charge on any atom is -0.356 e. The normalized spacial score (nSPS) is 11.3. The molecule has 6 heteroatoms. The molecule has 0 unspecified atom stereocenters. The molecule has 0 saturated carbocycles. The third-order valence-electron chi connectivity index (χ3n) is 2.67. The monoisotopic (exact) mass is 291 g/mol. The van der Waals surface area contributed by atoms with Crippen molar-refractivity contribution in [2.75, 3.05) is 24.1 Å². The SMILES string of the molecule is CN(C)S(=O)(=O)Nc1ccc(Nc2ccccc2)cc1. The van der Waals surface area contributed by atoms with Crippen molar-refractivity contribution in [2.24, 2.45) is 0 Å². The third-order valence-corrected chi connectivity index (χ3v) is 4.13. The summed E-state index contributed by atoms with van der Waals surface area (Å²) in [5, 5.41) is 3.23. The van der Waals surface area contributed by atoms with Gasteiger partial charge in [-0.05, 0) is 36.4 Å². The van der Waals surface area contributed by atoms with E-state index in [-0.39, 0.29) is 0 Å². The van der Waals surface area contributed by atoms with E-state index < -0.39 is 10.2 Å². The second-order valence-corrected chi connectivity index (χ2v) is 6.34. The average molecular weight is 291 g/mol. The van der Waals surface area contributed by atoms with E-state index in [4.69, 9.17) is 0 Å². The molecule has 2 aromatic carbocycles. The Hall–Kier alpha value is -2.05. The Kier molecular flexibility index (Phi) is 4.26. The molecule has 2 aromatic rings. The summed E-state index contributed by atoms with van der Waals surface area (Å²) < 4.78 is 27.0. The zero-order valence-electron chi connectivity index (χ0n) is 11.4. The molecule has 0 aromatic heterocycles. The van der Waals surface area contributed by atoms with Crippen LogP contribution in [0.15, 0.2) is 54.6 Å². The zero-order chi connectivity index (χ0) is 14.6. The van der Waals surface area contributed by atoms with E-state index in [0.29, 0.717) is 5.69 Å². The molecule has 2 N–H and O–H groups in total. The van der Waals surface area contributed by atoms with Crippen molar-refractivity contribution >= 4 is 27.3 Å². The molecule has 0 bridgehead atoms. The summed E-state index contributed by atoms with van der Waals surface area (Å²) in [6, 6.07) is 16.8. The second-order valence-electron chi connectivity index (χ2n) is 4.46. The van der Waals surface area contributed by atoms with Crippen LogP contribution in [-0.4, -0.2) is 26.8 Å². The van der Waals surface area contributed by atoms with E-state index in [0.717, 1.165) is 15.7 Å². The number of para-hydroxylation sites is 1. The van der Waals surface area contributed by atoms with Crippen molar-refractivity contribution in [3.05, 3.63) is 54.6 Å². The van der Waals surface area contributed by atoms with Crippen LogP contribution < -0.4 is 10.0 Å². The third kappa shape index (κ3) is 3.72. The summed E-state index contributed by atoms with van der Waals surface area (Å²) in [5.74, 6) is 0. The van der Waals surface area contributed by atoms with Gasteiger partial charge in [0.05, 0.1) is 0 Å². The largest absolute Gasteiger partial charge is 0.356 e. The van der Waals surface area contributed by atoms with Crippen molar-refractivity contribution in [3.63, 3.8) is 0 Å². The lowest BCUT2D eigenvalue weighted by atomic mass is 10.2. The van der Waals surface area contributed by atoms with Gasteiger partial charge in [0.2, 0.25) is 0 Å². The summed E-state index contributed by atoms with van der Waals surface area (Å²) in [4.78, 5) is 0. The fourth-order valence-electron chi connectivity index (χ4n) is 1.55. The predicted octanol–water partition coefficient (Wildman–Crippen LogP) is 2.65. The molecule has 2 rings (SSSR count). The molecule has 0 aliphatic heterocycles. The number of nitrogens with zero attached hydrogens (tertiary/aromatic N) is 1. The molecular weight excluding hydrogens is 274 g/mol. The highest BCUT2D eigenvalue weighted by atomic mass is 32.2. The summed E-state index contributed by atoms with van der Waals surface area (Å²) in [6.45, 7) is 0. The van der Waals surface area contributed by atoms with Crippen LogP contribution in [0.4, 0.5) is 17.1 Å². The van der Waals surface area contributed by atoms with Gasteiger partial charge in [0.15, 0.2) is 0 Å². The maximum Gasteiger partial charge on any atom is 0.301 e. The van der Waals surface area contributed by atoms with Gasteiger partial charge in [-0.25, -0.2) is 0 Å². The number of nitrogens with one attached hydrogen (secondary N) is 2. The Morgan fingerprint density at radius 2 is 1.30 bits per heavy atom. The molecular formula is C14H17N3O2S. The fraction of sp³-hybridized carbons (Fsp3) is 0.143. The molecule has 5 nitrogen and oxygen atoms in total. The van der Waals surface area contributed by atoms with Crippen LogP contribution in [0.5, 0.6) is 0 Å². The molecule has 0 saturated heterocycles. The number of anilines is 3. The van der Waals surface area contributed by atoms with Gasteiger partial charge in [-0.2, -0.15) is 12.7 Å². The Bertz CT molecular complexity index is 653. The van der Waals surface area contributed by atoms with Gasteiger partial charge in [-0.3, -0.25) is 4.72 Å². The van der Waals surface area contributed by atoms with Crippen LogP contribution in [0.1, 0.15) is 0 Å². The highest BCUT2D eigenvalue weighted by molar-refractivity contribution is 7.90. The summed E-state index contributed by atoms with van der Waals surface area (Å²) in [7, 11) is -0.500. The van der Waals surface area contributed by atoms with Gasteiger partial charge < -0.3 is 5.32 Å². The summed E-state index contributed by atoms with van der Waals surface area (Å²) in [5.41, 5.74) is 2.40. The van der Waals surface area contributed by atoms with Gasteiger partial charge in [0, 0.05) is 31.2 Å². The van der Waals surface area contributed by atoms with Gasteiger partial charge in [0.25, 0.3) is 0 Å². The molecule has 0 heterocycles. The molecule has 20 heavy (non-hydrogen) atoms. The first-order chi connectivity index (χ1) is 9.47. The van der Waals surface area contributed by atoms with Crippen LogP contribution in [0.3, 0.4) is 0 Å². The Morgan fingerprint density at radius 3 is 1.85 bits per heavy atom. The van der Waals surface area contributed by atoms with E-state index in [2.05, 4.69) is 10.0 Å². The van der Waals surface area contributed by atoms with Crippen LogP contribution in [0.25, 0.3) is 0 Å². The first-order valence-corrected chi connectivity index (χ1v) is 7.54. The van der Waals surface area contributed by atoms with Crippen molar-refractivity contribution in [1.82, 2.24) is 4.31 Å². The first-order valence-electron chi connectivity index (χ1n) is 6.10. The smallest absolute Gasteiger partial charge is 0.301 e. The second kappa shape index (κ2) is 5.94. The minimum atomic E-state index is -3.46. The van der Waals surface area contributed by atoms with Crippen LogP contribution in [0, 0.1) is 0 Å². The van der Waals surface area contributed by atoms with E-state index in [9.17, 15) is 8.42 Å². The Labute approximate surface area is 119 Å². The number of rotatable bonds is 5. The molecule has 0 aliphatic carbocycles. The lowest BCUT2D eigenvalue weighted by Gasteiger charge is -2.13. The Balaban J connectivity index is 2.07. The van der Waals surface area contributed by atoms with Gasteiger partial charge in [-0.15, -0.1) is 0 Å². The highest BCUT2D eigenvalue weighted by Gasteiger charge is 2.12. The Morgan fingerprint density at radius 1 is 0.800 bits per heavy atom. The highest BCUT2D eigenvalue weighted by Crippen LogP contribution is 2.19. The fourth-order valence-corrected chi connectivity index (χ4v) is 2.17. The summed E-state index contributed by atoms with van der Waals surface area (Å²) in [6.07, 6.45) is 0. The standard InChI is InChI=1S/C14H17N3O2S/c1-17(2)20(18,19)16-14-10-8-13(9-11-14)15-12-6-4-3-5-7-12/h3-11,15-16H,1-2H3. The molecule has 106 valence electrons. The molecule has 0 amide bonds. The topological polar surface area (TPSA) is 61.4 Å².